The number of aliphatic imine (C=N–C) groups is 1. The molecule has 2 rings (SSSR count). The minimum absolute atomic E-state index is 0.276. The molecule has 1 saturated heterocycles. The maximum Gasteiger partial charge on any atom is 0.140 e. The van der Waals surface area contributed by atoms with E-state index in [4.69, 9.17) is 9.47 Å². The molecule has 0 N–H and O–H groups in total. The minimum Gasteiger partial charge on any atom is -0.375 e. The Balaban J connectivity index is 2.26. The molecule has 1 aromatic rings. The van der Waals surface area contributed by atoms with Crippen molar-refractivity contribution < 1.29 is 9.47 Å². The summed E-state index contributed by atoms with van der Waals surface area (Å²) in [5.41, 5.74) is 4.37. The molecule has 0 radical (unpaired) electrons. The van der Waals surface area contributed by atoms with Gasteiger partial charge in [0.05, 0.1) is 31.8 Å². The van der Waals surface area contributed by atoms with Crippen LogP contribution in [0, 0.1) is 19.8 Å². The van der Waals surface area contributed by atoms with Gasteiger partial charge in [-0.15, -0.1) is 0 Å². The first kappa shape index (κ1) is 18.0. The second-order valence-electron chi connectivity index (χ2n) is 6.96. The van der Waals surface area contributed by atoms with Gasteiger partial charge < -0.3 is 14.4 Å². The van der Waals surface area contributed by atoms with Gasteiger partial charge in [-0.1, -0.05) is 19.9 Å². The van der Waals surface area contributed by atoms with Crippen molar-refractivity contribution in [3.05, 3.63) is 28.8 Å². The van der Waals surface area contributed by atoms with Crippen LogP contribution in [0.5, 0.6) is 0 Å². The summed E-state index contributed by atoms with van der Waals surface area (Å²) in [6.45, 7) is 13.7. The standard InChI is InChI=1S/C19H30N2O2/c1-7-21(6)13-20-18-9-15(4)17(8-16(18)5)19(11-22-12-19)23-10-14(2)3/h8-9,13-14H,7,10-12H2,1-6H3. The van der Waals surface area contributed by atoms with Crippen LogP contribution >= 0.6 is 0 Å². The van der Waals surface area contributed by atoms with Crippen molar-refractivity contribution in [3.8, 4) is 0 Å². The van der Waals surface area contributed by atoms with Crippen molar-refractivity contribution in [1.82, 2.24) is 4.90 Å². The molecule has 128 valence electrons. The maximum absolute atomic E-state index is 6.23. The average Bonchev–Trinajstić information content (AvgIpc) is 2.47. The molecule has 0 unspecified atom stereocenters. The Hall–Kier alpha value is -1.39. The Morgan fingerprint density at radius 1 is 1.30 bits per heavy atom. The topological polar surface area (TPSA) is 34.1 Å². The molecule has 0 aliphatic carbocycles. The normalized spacial score (nSPS) is 16.8. The van der Waals surface area contributed by atoms with Gasteiger partial charge in [0.15, 0.2) is 0 Å². The molecule has 4 heteroatoms. The SMILES string of the molecule is CCN(C)C=Nc1cc(C)c(C2(OCC(C)C)COC2)cc1C. The van der Waals surface area contributed by atoms with E-state index >= 15 is 0 Å². The third kappa shape index (κ3) is 4.12. The van der Waals surface area contributed by atoms with Crippen molar-refractivity contribution in [1.29, 1.82) is 0 Å². The average molecular weight is 318 g/mol. The smallest absolute Gasteiger partial charge is 0.140 e. The second kappa shape index (κ2) is 7.45. The van der Waals surface area contributed by atoms with Crippen LogP contribution < -0.4 is 0 Å². The largest absolute Gasteiger partial charge is 0.375 e. The first-order valence-electron chi connectivity index (χ1n) is 8.46. The Kier molecular flexibility index (Phi) is 5.82. The first-order valence-corrected chi connectivity index (χ1v) is 8.46. The molecule has 1 aliphatic heterocycles. The number of aryl methyl sites for hydroxylation is 2. The summed E-state index contributed by atoms with van der Waals surface area (Å²) < 4.78 is 11.7. The van der Waals surface area contributed by atoms with E-state index in [0.717, 1.165) is 18.8 Å². The van der Waals surface area contributed by atoms with Crippen LogP contribution in [0.1, 0.15) is 37.5 Å². The van der Waals surface area contributed by atoms with Crippen LogP contribution in [0.3, 0.4) is 0 Å². The van der Waals surface area contributed by atoms with Crippen molar-refractivity contribution in [2.24, 2.45) is 10.9 Å². The maximum atomic E-state index is 6.23. The van der Waals surface area contributed by atoms with Gasteiger partial charge in [0.25, 0.3) is 0 Å². The zero-order valence-corrected chi connectivity index (χ0v) is 15.3. The lowest BCUT2D eigenvalue weighted by Gasteiger charge is -2.43. The summed E-state index contributed by atoms with van der Waals surface area (Å²) in [7, 11) is 2.03. The fourth-order valence-corrected chi connectivity index (χ4v) is 2.60. The van der Waals surface area contributed by atoms with Crippen LogP contribution in [0.25, 0.3) is 0 Å². The van der Waals surface area contributed by atoms with Gasteiger partial charge in [-0.25, -0.2) is 4.99 Å². The van der Waals surface area contributed by atoms with E-state index in [1.165, 1.54) is 16.7 Å². The molecule has 0 saturated carbocycles. The Morgan fingerprint density at radius 2 is 2.00 bits per heavy atom. The van der Waals surface area contributed by atoms with Gasteiger partial charge >= 0.3 is 0 Å². The molecule has 0 atom stereocenters. The zero-order valence-electron chi connectivity index (χ0n) is 15.3. The number of rotatable bonds is 7. The highest BCUT2D eigenvalue weighted by Crippen LogP contribution is 2.38. The number of ether oxygens (including phenoxy) is 2. The Bertz CT molecular complexity index is 563. The lowest BCUT2D eigenvalue weighted by molar-refractivity contribution is -0.221. The van der Waals surface area contributed by atoms with Gasteiger partial charge in [0, 0.05) is 13.6 Å². The molecule has 1 aliphatic rings. The number of nitrogens with zero attached hydrogens (tertiary/aromatic N) is 2. The second-order valence-corrected chi connectivity index (χ2v) is 6.96. The van der Waals surface area contributed by atoms with Gasteiger partial charge in [0.2, 0.25) is 0 Å². The zero-order chi connectivity index (χ0) is 17.0. The fraction of sp³-hybridized carbons (Fsp3) is 0.632. The Morgan fingerprint density at radius 3 is 2.52 bits per heavy atom. The molecular formula is C19H30N2O2. The summed E-state index contributed by atoms with van der Waals surface area (Å²) in [5, 5.41) is 0. The number of hydrogen-bond acceptors (Lipinski definition) is 3. The van der Waals surface area contributed by atoms with E-state index in [1.807, 2.05) is 13.4 Å². The highest BCUT2D eigenvalue weighted by molar-refractivity contribution is 5.64. The summed E-state index contributed by atoms with van der Waals surface area (Å²) in [6, 6.07) is 4.38. The Labute approximate surface area is 140 Å². The third-order valence-corrected chi connectivity index (χ3v) is 4.29. The van der Waals surface area contributed by atoms with Crippen LogP contribution in [-0.4, -0.2) is 44.7 Å². The van der Waals surface area contributed by atoms with Gasteiger partial charge in [-0.05, 0) is 49.4 Å². The third-order valence-electron chi connectivity index (χ3n) is 4.29. The van der Waals surface area contributed by atoms with Crippen LogP contribution in [0.4, 0.5) is 5.69 Å². The first-order chi connectivity index (χ1) is 10.9. The van der Waals surface area contributed by atoms with Crippen LogP contribution in [0.15, 0.2) is 17.1 Å². The molecule has 4 nitrogen and oxygen atoms in total. The number of hydrogen-bond donors (Lipinski definition) is 0. The van der Waals surface area contributed by atoms with E-state index < -0.39 is 0 Å². The molecule has 0 spiro atoms. The quantitative estimate of drug-likeness (QED) is 0.566. The fourth-order valence-electron chi connectivity index (χ4n) is 2.60. The molecular weight excluding hydrogens is 288 g/mol. The molecule has 23 heavy (non-hydrogen) atoms. The monoisotopic (exact) mass is 318 g/mol. The van der Waals surface area contributed by atoms with Gasteiger partial charge in [-0.2, -0.15) is 0 Å². The van der Waals surface area contributed by atoms with Crippen LogP contribution in [0.2, 0.25) is 0 Å². The molecule has 1 heterocycles. The highest BCUT2D eigenvalue weighted by atomic mass is 16.6. The van der Waals surface area contributed by atoms with E-state index in [0.29, 0.717) is 19.1 Å². The lowest BCUT2D eigenvalue weighted by Crippen LogP contribution is -2.50. The van der Waals surface area contributed by atoms with Crippen molar-refractivity contribution >= 4 is 12.0 Å². The van der Waals surface area contributed by atoms with E-state index in [-0.39, 0.29) is 5.60 Å². The minimum atomic E-state index is -0.276. The van der Waals surface area contributed by atoms with Gasteiger partial charge in [-0.3, -0.25) is 0 Å². The van der Waals surface area contributed by atoms with E-state index in [1.54, 1.807) is 0 Å². The summed E-state index contributed by atoms with van der Waals surface area (Å²) in [4.78, 5) is 6.67. The van der Waals surface area contributed by atoms with E-state index in [2.05, 4.69) is 56.6 Å². The summed E-state index contributed by atoms with van der Waals surface area (Å²) in [6.07, 6.45) is 1.89. The van der Waals surface area contributed by atoms with Crippen molar-refractivity contribution in [2.75, 3.05) is 33.4 Å². The molecule has 0 bridgehead atoms. The van der Waals surface area contributed by atoms with Crippen LogP contribution in [-0.2, 0) is 15.1 Å². The molecule has 1 fully saturated rings. The summed E-state index contributed by atoms with van der Waals surface area (Å²) in [5.74, 6) is 0.516. The van der Waals surface area contributed by atoms with Crippen molar-refractivity contribution in [3.63, 3.8) is 0 Å². The number of benzene rings is 1. The molecule has 0 aromatic heterocycles. The predicted octanol–water partition coefficient (Wildman–Crippen LogP) is 3.81. The lowest BCUT2D eigenvalue weighted by atomic mass is 9.86. The van der Waals surface area contributed by atoms with Gasteiger partial charge in [0.1, 0.15) is 5.60 Å². The van der Waals surface area contributed by atoms with E-state index in [9.17, 15) is 0 Å². The summed E-state index contributed by atoms with van der Waals surface area (Å²) >= 11 is 0. The van der Waals surface area contributed by atoms with Crippen molar-refractivity contribution in [2.45, 2.75) is 40.2 Å². The predicted molar refractivity (Wildman–Crippen MR) is 95.7 cm³/mol. The highest BCUT2D eigenvalue weighted by Gasteiger charge is 2.43. The molecule has 0 amide bonds. The molecule has 1 aromatic carbocycles.